The molecule has 1 aliphatic heterocycles. The lowest BCUT2D eigenvalue weighted by Gasteiger charge is -2.32. The Hall–Kier alpha value is -2.40. The van der Waals surface area contributed by atoms with E-state index in [1.54, 1.807) is 13.8 Å². The van der Waals surface area contributed by atoms with E-state index >= 15 is 0 Å². The number of ether oxygens (including phenoxy) is 2. The summed E-state index contributed by atoms with van der Waals surface area (Å²) < 4.78 is 24.9. The van der Waals surface area contributed by atoms with E-state index < -0.39 is 15.9 Å². The fourth-order valence-corrected chi connectivity index (χ4v) is 5.27. The van der Waals surface area contributed by atoms with Crippen molar-refractivity contribution in [3.63, 3.8) is 0 Å². The maximum atomic E-state index is 13.6. The van der Waals surface area contributed by atoms with Crippen molar-refractivity contribution in [1.82, 2.24) is 14.9 Å². The summed E-state index contributed by atoms with van der Waals surface area (Å²) in [5.41, 5.74) is 7.71. The molecule has 1 saturated heterocycles. The standard InChI is InChI=1S/C27H42N6O3S/c1-7-35-13-12-33-10-8-20(9-11-33)16-36-23-15-22-21(14-24(23)37(34)27(4,5)6)26(31-17-30-22)32-25(29)18(2)19(3)28/h14-15,17,20H,7-13,16,28H2,1-6H3,(H2,29,30,31,32)/b19-18-. The third-order valence-corrected chi connectivity index (χ3v) is 8.44. The molecule has 0 spiro atoms. The van der Waals surface area contributed by atoms with Crippen LogP contribution >= 0.6 is 0 Å². The van der Waals surface area contributed by atoms with E-state index in [2.05, 4.69) is 20.2 Å². The Labute approximate surface area is 223 Å². The van der Waals surface area contributed by atoms with Crippen molar-refractivity contribution in [3.05, 3.63) is 29.7 Å². The summed E-state index contributed by atoms with van der Waals surface area (Å²) in [4.78, 5) is 11.8. The monoisotopic (exact) mass is 530 g/mol. The minimum atomic E-state index is -1.34. The molecule has 1 aliphatic rings. The molecule has 0 saturated carbocycles. The molecule has 2 aromatic rings. The van der Waals surface area contributed by atoms with Crippen molar-refractivity contribution < 1.29 is 14.0 Å². The number of hydrogen-bond donors (Lipinski definition) is 3. The molecular weight excluding hydrogens is 488 g/mol. The minimum absolute atomic E-state index is 0.159. The summed E-state index contributed by atoms with van der Waals surface area (Å²) in [6.45, 7) is 16.5. The smallest absolute Gasteiger partial charge is 0.195 e. The Morgan fingerprint density at radius 2 is 1.95 bits per heavy atom. The Bertz CT molecular complexity index is 1110. The van der Waals surface area contributed by atoms with Gasteiger partial charge in [-0.05, 0) is 84.6 Å². The fraction of sp³-hybridized carbons (Fsp3) is 0.593. The lowest BCUT2D eigenvalue weighted by molar-refractivity contribution is 0.0865. The first-order valence-corrected chi connectivity index (χ1v) is 14.1. The van der Waals surface area contributed by atoms with Crippen molar-refractivity contribution in [2.45, 2.75) is 64.0 Å². The summed E-state index contributed by atoms with van der Waals surface area (Å²) >= 11 is -1.34. The van der Waals surface area contributed by atoms with Gasteiger partial charge >= 0.3 is 0 Å². The van der Waals surface area contributed by atoms with Gasteiger partial charge in [0.25, 0.3) is 0 Å². The topological polar surface area (TPSA) is 132 Å². The highest BCUT2D eigenvalue weighted by Crippen LogP contribution is 2.37. The molecule has 1 aromatic heterocycles. The van der Waals surface area contributed by atoms with Gasteiger partial charge in [-0.25, -0.2) is 9.97 Å². The lowest BCUT2D eigenvalue weighted by atomic mass is 9.98. The van der Waals surface area contributed by atoms with E-state index in [0.717, 1.165) is 45.7 Å². The second-order valence-corrected chi connectivity index (χ2v) is 12.7. The van der Waals surface area contributed by atoms with E-state index in [1.807, 2.05) is 39.8 Å². The third kappa shape index (κ3) is 7.80. The molecule has 2 heterocycles. The van der Waals surface area contributed by atoms with E-state index in [1.165, 1.54) is 6.33 Å². The zero-order valence-electron chi connectivity index (χ0n) is 23.0. The molecular formula is C27H42N6O3S. The number of likely N-dealkylation sites (tertiary alicyclic amines) is 1. The molecule has 204 valence electrons. The molecule has 9 nitrogen and oxygen atoms in total. The van der Waals surface area contributed by atoms with Gasteiger partial charge in [-0.1, -0.05) is 0 Å². The molecule has 0 radical (unpaired) electrons. The van der Waals surface area contributed by atoms with Gasteiger partial charge in [0.05, 0.1) is 18.7 Å². The second kappa shape index (κ2) is 12.9. The van der Waals surface area contributed by atoms with Gasteiger partial charge in [-0.3, -0.25) is 5.41 Å². The molecule has 10 heteroatoms. The third-order valence-electron chi connectivity index (χ3n) is 6.60. The van der Waals surface area contributed by atoms with Gasteiger partial charge in [0.15, 0.2) is 10.6 Å². The first kappa shape index (κ1) is 29.2. The number of allylic oxidation sites excluding steroid dienone is 1. The van der Waals surface area contributed by atoms with E-state index in [-0.39, 0.29) is 5.84 Å². The number of fused-ring (bicyclic) bond motifs is 1. The molecule has 4 N–H and O–H groups in total. The highest BCUT2D eigenvalue weighted by atomic mass is 32.2. The maximum Gasteiger partial charge on any atom is 0.195 e. The average Bonchev–Trinajstić information content (AvgIpc) is 2.86. The maximum absolute atomic E-state index is 13.6. The van der Waals surface area contributed by atoms with Crippen LogP contribution in [0.4, 0.5) is 5.82 Å². The predicted molar refractivity (Wildman–Crippen MR) is 151 cm³/mol. The molecule has 1 fully saturated rings. The molecule has 1 atom stereocenters. The van der Waals surface area contributed by atoms with Gasteiger partial charge in [-0.2, -0.15) is 0 Å². The number of nitrogens with one attached hydrogen (secondary N) is 2. The molecule has 0 aliphatic carbocycles. The molecule has 3 rings (SSSR count). The summed E-state index contributed by atoms with van der Waals surface area (Å²) in [5, 5.41) is 12.1. The highest BCUT2D eigenvalue weighted by molar-refractivity contribution is 7.92. The summed E-state index contributed by atoms with van der Waals surface area (Å²) in [7, 11) is 0. The van der Waals surface area contributed by atoms with Crippen molar-refractivity contribution in [3.8, 4) is 5.75 Å². The molecule has 1 unspecified atom stereocenters. The lowest BCUT2D eigenvalue weighted by Crippen LogP contribution is -2.37. The average molecular weight is 531 g/mol. The zero-order valence-corrected chi connectivity index (χ0v) is 23.8. The number of rotatable bonds is 10. The van der Waals surface area contributed by atoms with Gasteiger partial charge in [0, 0.05) is 41.9 Å². The van der Waals surface area contributed by atoms with Crippen LogP contribution in [-0.2, 0) is 15.9 Å². The number of aromatic nitrogens is 2. The van der Waals surface area contributed by atoms with Crippen molar-refractivity contribution >= 4 is 33.7 Å². The van der Waals surface area contributed by atoms with Crippen LogP contribution in [0.5, 0.6) is 5.75 Å². The molecule has 0 bridgehead atoms. The molecule has 1 aromatic carbocycles. The number of nitrogens with two attached hydrogens (primary N) is 1. The highest BCUT2D eigenvalue weighted by Gasteiger charge is 2.32. The zero-order chi connectivity index (χ0) is 27.2. The first-order valence-electron chi connectivity index (χ1n) is 12.9. The van der Waals surface area contributed by atoms with Crippen LogP contribution in [0.25, 0.3) is 10.9 Å². The van der Waals surface area contributed by atoms with E-state index in [4.69, 9.17) is 20.6 Å². The van der Waals surface area contributed by atoms with Crippen LogP contribution in [0.15, 0.2) is 34.6 Å². The predicted octanol–water partition coefficient (Wildman–Crippen LogP) is 4.30. The molecule has 37 heavy (non-hydrogen) atoms. The summed E-state index contributed by atoms with van der Waals surface area (Å²) in [6, 6.07) is 3.69. The Morgan fingerprint density at radius 1 is 1.24 bits per heavy atom. The van der Waals surface area contributed by atoms with Gasteiger partial charge in [-0.15, -0.1) is 0 Å². The quantitative estimate of drug-likeness (QED) is 0.179. The largest absolute Gasteiger partial charge is 0.611 e. The second-order valence-electron chi connectivity index (χ2n) is 10.5. The number of anilines is 1. The Balaban J connectivity index is 1.83. The van der Waals surface area contributed by atoms with Gasteiger partial charge in [0.2, 0.25) is 0 Å². The number of hydrogen-bond acceptors (Lipinski definition) is 8. The van der Waals surface area contributed by atoms with Crippen LogP contribution in [0.2, 0.25) is 0 Å². The minimum Gasteiger partial charge on any atom is -0.611 e. The van der Waals surface area contributed by atoms with Gasteiger partial charge in [0.1, 0.15) is 22.7 Å². The normalized spacial score (nSPS) is 16.9. The van der Waals surface area contributed by atoms with Crippen molar-refractivity contribution in [2.75, 3.05) is 44.8 Å². The number of benzene rings is 1. The van der Waals surface area contributed by atoms with E-state index in [0.29, 0.717) is 51.2 Å². The molecule has 0 amide bonds. The van der Waals surface area contributed by atoms with Crippen LogP contribution in [-0.4, -0.2) is 69.5 Å². The summed E-state index contributed by atoms with van der Waals surface area (Å²) in [5.74, 6) is 1.65. The van der Waals surface area contributed by atoms with Gasteiger partial charge < -0.3 is 30.0 Å². The fourth-order valence-electron chi connectivity index (χ4n) is 4.08. The number of nitrogens with zero attached hydrogens (tertiary/aromatic N) is 3. The van der Waals surface area contributed by atoms with Crippen LogP contribution in [0, 0.1) is 11.3 Å². The van der Waals surface area contributed by atoms with Crippen LogP contribution in [0.1, 0.15) is 54.4 Å². The van der Waals surface area contributed by atoms with Crippen LogP contribution < -0.4 is 15.8 Å². The first-order chi connectivity index (χ1) is 17.5. The van der Waals surface area contributed by atoms with Crippen LogP contribution in [0.3, 0.4) is 0 Å². The van der Waals surface area contributed by atoms with E-state index in [9.17, 15) is 4.55 Å². The Morgan fingerprint density at radius 3 is 2.57 bits per heavy atom. The Kier molecular flexibility index (Phi) is 10.2. The van der Waals surface area contributed by atoms with Crippen molar-refractivity contribution in [2.24, 2.45) is 11.7 Å². The summed E-state index contributed by atoms with van der Waals surface area (Å²) in [6.07, 6.45) is 3.57. The number of piperidine rings is 1. The van der Waals surface area contributed by atoms with Crippen molar-refractivity contribution in [1.29, 1.82) is 5.41 Å². The SMILES string of the molecule is CCOCCN1CCC(COc2cc3ncnc(NC(=N)/C(C)=C(/C)N)c3cc2[S+]([O-])C(C)(C)C)CC1. The number of amidine groups is 1.